The van der Waals surface area contributed by atoms with E-state index in [9.17, 15) is 15.2 Å². The van der Waals surface area contributed by atoms with E-state index in [0.717, 1.165) is 0 Å². The van der Waals surface area contributed by atoms with Crippen molar-refractivity contribution in [3.8, 4) is 11.8 Å². The Morgan fingerprint density at radius 1 is 1.26 bits per heavy atom. The van der Waals surface area contributed by atoms with E-state index in [0.29, 0.717) is 25.8 Å². The van der Waals surface area contributed by atoms with Crippen molar-refractivity contribution in [2.24, 2.45) is 0 Å². The number of nitriles is 1. The van der Waals surface area contributed by atoms with Crippen molar-refractivity contribution >= 4 is 56.8 Å². The van der Waals surface area contributed by atoms with Gasteiger partial charge in [0.25, 0.3) is 5.91 Å². The van der Waals surface area contributed by atoms with E-state index in [1.165, 1.54) is 24.3 Å². The Labute approximate surface area is 151 Å². The predicted octanol–water partition coefficient (Wildman–Crippen LogP) is 5.01. The molecule has 0 bridgehead atoms. The molecule has 0 aliphatic carbocycles. The maximum absolute atomic E-state index is 12.2. The molecule has 0 fully saturated rings. The highest BCUT2D eigenvalue weighted by Crippen LogP contribution is 2.27. The Bertz CT molecular complexity index is 844. The summed E-state index contributed by atoms with van der Waals surface area (Å²) in [5.41, 5.74) is 0.446. The van der Waals surface area contributed by atoms with Gasteiger partial charge in [0, 0.05) is 15.1 Å². The summed E-state index contributed by atoms with van der Waals surface area (Å²) in [4.78, 5) is 12.2. The first-order valence-corrected chi connectivity index (χ1v) is 7.82. The van der Waals surface area contributed by atoms with Crippen LogP contribution in [0.4, 0.5) is 5.69 Å². The van der Waals surface area contributed by atoms with Gasteiger partial charge >= 0.3 is 0 Å². The molecule has 0 saturated carbocycles. The highest BCUT2D eigenvalue weighted by Gasteiger charge is 2.13. The number of aromatic hydroxyl groups is 1. The van der Waals surface area contributed by atoms with Gasteiger partial charge in [0.2, 0.25) is 0 Å². The lowest BCUT2D eigenvalue weighted by Crippen LogP contribution is -2.13. The first-order valence-electron chi connectivity index (χ1n) is 6.27. The molecule has 0 atom stereocenters. The van der Waals surface area contributed by atoms with E-state index in [1.807, 2.05) is 0 Å². The second-order valence-corrected chi connectivity index (χ2v) is 6.21. The Morgan fingerprint density at radius 3 is 2.70 bits per heavy atom. The third kappa shape index (κ3) is 4.49. The van der Waals surface area contributed by atoms with Crippen LogP contribution < -0.4 is 5.32 Å². The number of nitrogens with one attached hydrogen (secondary N) is 1. The molecule has 4 nitrogen and oxygen atoms in total. The molecule has 0 saturated heterocycles. The zero-order chi connectivity index (χ0) is 17.0. The van der Waals surface area contributed by atoms with Gasteiger partial charge in [-0.25, -0.2) is 0 Å². The maximum Gasteiger partial charge on any atom is 0.266 e. The summed E-state index contributed by atoms with van der Waals surface area (Å²) in [7, 11) is 0. The van der Waals surface area contributed by atoms with Gasteiger partial charge in [-0.1, -0.05) is 39.1 Å². The van der Waals surface area contributed by atoms with Crippen LogP contribution in [0.25, 0.3) is 6.08 Å². The zero-order valence-electron chi connectivity index (χ0n) is 11.5. The Hall–Kier alpha value is -2.00. The van der Waals surface area contributed by atoms with Crippen LogP contribution in [0.3, 0.4) is 0 Å². The van der Waals surface area contributed by atoms with Gasteiger partial charge in [-0.3, -0.25) is 4.79 Å². The lowest BCUT2D eigenvalue weighted by Gasteiger charge is -2.07. The van der Waals surface area contributed by atoms with Crippen LogP contribution in [0.2, 0.25) is 10.0 Å². The topological polar surface area (TPSA) is 73.1 Å². The quantitative estimate of drug-likeness (QED) is 0.550. The zero-order valence-corrected chi connectivity index (χ0v) is 14.6. The van der Waals surface area contributed by atoms with E-state index >= 15 is 0 Å². The molecule has 0 radical (unpaired) electrons. The number of benzene rings is 2. The van der Waals surface area contributed by atoms with E-state index in [1.54, 1.807) is 24.3 Å². The summed E-state index contributed by atoms with van der Waals surface area (Å²) in [6.45, 7) is 0. The number of hydrogen-bond donors (Lipinski definition) is 2. The molecule has 7 heteroatoms. The molecule has 0 aromatic heterocycles. The number of carbonyl (C=O) groups excluding carboxylic acids is 1. The lowest BCUT2D eigenvalue weighted by molar-refractivity contribution is -0.112. The predicted molar refractivity (Wildman–Crippen MR) is 94.5 cm³/mol. The minimum Gasteiger partial charge on any atom is -0.507 e. The second kappa shape index (κ2) is 7.51. The summed E-state index contributed by atoms with van der Waals surface area (Å²) in [5, 5.41) is 22.2. The van der Waals surface area contributed by atoms with Crippen LogP contribution in [-0.4, -0.2) is 11.0 Å². The minimum absolute atomic E-state index is 0.0467. The second-order valence-electron chi connectivity index (χ2n) is 4.45. The SMILES string of the molecule is N#C/C(=C\c1cc(Br)ccc1O)C(=O)Nc1cc(Cl)ccc1Cl. The fraction of sp³-hybridized carbons (Fsp3) is 0. The molecule has 0 heterocycles. The van der Waals surface area contributed by atoms with Crippen molar-refractivity contribution in [1.82, 2.24) is 0 Å². The number of nitrogens with zero attached hydrogens (tertiary/aromatic N) is 1. The van der Waals surface area contributed by atoms with Gasteiger partial charge < -0.3 is 10.4 Å². The molecular formula is C16H9BrCl2N2O2. The van der Waals surface area contributed by atoms with Crippen molar-refractivity contribution in [2.45, 2.75) is 0 Å². The van der Waals surface area contributed by atoms with Gasteiger partial charge in [0.1, 0.15) is 17.4 Å². The molecule has 1 amide bonds. The standard InChI is InChI=1S/C16H9BrCl2N2O2/c17-11-1-4-15(22)9(6-11)5-10(8-20)16(23)21-14-7-12(18)2-3-13(14)19/h1-7,22H,(H,21,23)/b10-5+. The third-order valence-electron chi connectivity index (χ3n) is 2.83. The maximum atomic E-state index is 12.2. The largest absolute Gasteiger partial charge is 0.507 e. The highest BCUT2D eigenvalue weighted by molar-refractivity contribution is 9.10. The molecule has 0 spiro atoms. The van der Waals surface area contributed by atoms with Gasteiger partial charge in [0.15, 0.2) is 0 Å². The first-order chi connectivity index (χ1) is 10.9. The number of anilines is 1. The average Bonchev–Trinajstić information content (AvgIpc) is 2.51. The number of phenolic OH excluding ortho intramolecular Hbond substituents is 1. The van der Waals surface area contributed by atoms with Gasteiger partial charge in [-0.15, -0.1) is 0 Å². The molecule has 2 aromatic carbocycles. The van der Waals surface area contributed by atoms with Crippen LogP contribution in [0.1, 0.15) is 5.56 Å². The lowest BCUT2D eigenvalue weighted by atomic mass is 10.1. The Morgan fingerprint density at radius 2 is 2.00 bits per heavy atom. The molecule has 0 unspecified atom stereocenters. The van der Waals surface area contributed by atoms with Crippen molar-refractivity contribution in [1.29, 1.82) is 5.26 Å². The fourth-order valence-electron chi connectivity index (χ4n) is 1.73. The molecule has 2 rings (SSSR count). The smallest absolute Gasteiger partial charge is 0.266 e. The van der Waals surface area contributed by atoms with Gasteiger partial charge in [0.05, 0.1) is 10.7 Å². The molecular weight excluding hydrogens is 403 g/mol. The molecule has 116 valence electrons. The number of carbonyl (C=O) groups is 1. The van der Waals surface area contributed by atoms with Crippen LogP contribution in [-0.2, 0) is 4.79 Å². The molecule has 0 aliphatic rings. The van der Waals surface area contributed by atoms with Crippen LogP contribution in [0.5, 0.6) is 5.75 Å². The van der Waals surface area contributed by atoms with E-state index in [4.69, 9.17) is 23.2 Å². The fourth-order valence-corrected chi connectivity index (χ4v) is 2.44. The van der Waals surface area contributed by atoms with Crippen molar-refractivity contribution < 1.29 is 9.90 Å². The van der Waals surface area contributed by atoms with E-state index < -0.39 is 5.91 Å². The number of halogens is 3. The summed E-state index contributed by atoms with van der Waals surface area (Å²) >= 11 is 15.1. The van der Waals surface area contributed by atoms with Crippen molar-refractivity contribution in [3.63, 3.8) is 0 Å². The number of amides is 1. The number of rotatable bonds is 3. The van der Waals surface area contributed by atoms with Crippen LogP contribution in [0.15, 0.2) is 46.4 Å². The Balaban J connectivity index is 2.32. The summed E-state index contributed by atoms with van der Waals surface area (Å²) in [5.74, 6) is -0.703. The van der Waals surface area contributed by atoms with Crippen molar-refractivity contribution in [3.05, 3.63) is 62.1 Å². The molecule has 2 aromatic rings. The van der Waals surface area contributed by atoms with Crippen molar-refractivity contribution in [2.75, 3.05) is 5.32 Å². The molecule has 23 heavy (non-hydrogen) atoms. The van der Waals surface area contributed by atoms with E-state index in [2.05, 4.69) is 21.2 Å². The highest BCUT2D eigenvalue weighted by atomic mass is 79.9. The summed E-state index contributed by atoms with van der Waals surface area (Å²) in [6.07, 6.45) is 1.29. The van der Waals surface area contributed by atoms with Crippen LogP contribution >= 0.6 is 39.1 Å². The normalized spacial score (nSPS) is 11.0. The van der Waals surface area contributed by atoms with Gasteiger partial charge in [-0.2, -0.15) is 5.26 Å². The first kappa shape index (κ1) is 17.4. The van der Waals surface area contributed by atoms with Gasteiger partial charge in [-0.05, 0) is 42.5 Å². The summed E-state index contributed by atoms with van der Waals surface area (Å²) < 4.78 is 0.706. The summed E-state index contributed by atoms with van der Waals surface area (Å²) in [6, 6.07) is 11.1. The monoisotopic (exact) mass is 410 g/mol. The number of hydrogen-bond acceptors (Lipinski definition) is 3. The van der Waals surface area contributed by atoms with E-state index in [-0.39, 0.29) is 11.3 Å². The van der Waals surface area contributed by atoms with Crippen LogP contribution in [0, 0.1) is 11.3 Å². The Kier molecular flexibility index (Phi) is 5.67. The number of phenols is 1. The molecule has 2 N–H and O–H groups in total. The minimum atomic E-state index is -0.656. The molecule has 0 aliphatic heterocycles. The average molecular weight is 412 g/mol. The third-order valence-corrected chi connectivity index (χ3v) is 3.89.